The normalized spacial score (nSPS) is 17.1. The number of hydrogen-bond acceptors (Lipinski definition) is 1. The van der Waals surface area contributed by atoms with E-state index in [4.69, 9.17) is 13.8 Å². The van der Waals surface area contributed by atoms with E-state index in [0.717, 1.165) is 5.75 Å². The zero-order chi connectivity index (χ0) is 10.5. The average molecular weight is 235 g/mol. The van der Waals surface area contributed by atoms with Gasteiger partial charge in [0.05, 0.1) is 6.10 Å². The van der Waals surface area contributed by atoms with Gasteiger partial charge in [-0.1, -0.05) is 18.6 Å². The maximum atomic E-state index is 5.93. The lowest BCUT2D eigenvalue weighted by Crippen LogP contribution is -2.20. The summed E-state index contributed by atoms with van der Waals surface area (Å²) in [6.07, 6.45) is 6.88. The molecule has 0 amide bonds. The monoisotopic (exact) mass is 234 g/mol. The van der Waals surface area contributed by atoms with E-state index in [9.17, 15) is 0 Å². The van der Waals surface area contributed by atoms with Crippen molar-refractivity contribution in [1.82, 2.24) is 0 Å². The molecule has 0 aromatic heterocycles. The van der Waals surface area contributed by atoms with Gasteiger partial charge in [-0.25, -0.2) is 0 Å². The second kappa shape index (κ2) is 5.97. The summed E-state index contributed by atoms with van der Waals surface area (Å²) in [5.41, 5.74) is 0. The quantitative estimate of drug-likeness (QED) is 0.732. The maximum Gasteiger partial charge on any atom is 0.538 e. The van der Waals surface area contributed by atoms with Crippen LogP contribution in [-0.2, 0) is 0 Å². The smallest absolute Gasteiger partial charge is 0.490 e. The molecule has 15 heavy (non-hydrogen) atoms. The standard InChI is InChI=1S/C12H15O.ClH.Mg/c1-3-7-11(8-4-1)13-12-9-5-2-6-10-12;;/h5-6,9-11H,1,3-4,7-8H2;1H;/q;;+1/p-1. The Morgan fingerprint density at radius 3 is 2.33 bits per heavy atom. The molecular weight excluding hydrogens is 220 g/mol. The molecule has 1 saturated carbocycles. The summed E-state index contributed by atoms with van der Waals surface area (Å²) in [5.74, 6) is 1.00. The summed E-state index contributed by atoms with van der Waals surface area (Å²) < 4.78 is 7.21. The summed E-state index contributed by atoms with van der Waals surface area (Å²) in [4.78, 5) is 0. The molecule has 0 bridgehead atoms. The van der Waals surface area contributed by atoms with E-state index in [1.807, 2.05) is 0 Å². The molecule has 0 N–H and O–H groups in total. The number of rotatable bonds is 3. The summed E-state index contributed by atoms with van der Waals surface area (Å²) in [7, 11) is 5.87. The fraction of sp³-hybridized carbons (Fsp3) is 0.500. The van der Waals surface area contributed by atoms with Gasteiger partial charge >= 0.3 is 19.3 Å². The first kappa shape index (κ1) is 11.6. The molecule has 1 aliphatic carbocycles. The van der Waals surface area contributed by atoms with Crippen molar-refractivity contribution in [3.63, 3.8) is 0 Å². The van der Waals surface area contributed by atoms with Gasteiger partial charge in [-0.2, -0.15) is 0 Å². The Bertz CT molecular complexity index is 293. The SMILES string of the molecule is [Cl][Mg][c]1ccc(OC2CCCCC2)cc1. The molecule has 0 radical (unpaired) electrons. The minimum Gasteiger partial charge on any atom is -0.490 e. The Kier molecular flexibility index (Phi) is 4.60. The van der Waals surface area contributed by atoms with Crippen molar-refractivity contribution < 1.29 is 4.74 Å². The molecule has 1 aromatic rings. The molecular formula is C12H15ClMgO. The van der Waals surface area contributed by atoms with E-state index in [0.29, 0.717) is 6.10 Å². The highest BCUT2D eigenvalue weighted by Crippen LogP contribution is 2.22. The molecule has 78 valence electrons. The van der Waals surface area contributed by atoms with Crippen LogP contribution in [0, 0.1) is 0 Å². The van der Waals surface area contributed by atoms with Crippen LogP contribution in [0.5, 0.6) is 5.75 Å². The minimum absolute atomic E-state index is 0.442. The van der Waals surface area contributed by atoms with Gasteiger partial charge in [0, 0.05) is 0 Å². The highest BCUT2D eigenvalue weighted by molar-refractivity contribution is 7.01. The fourth-order valence-electron chi connectivity index (χ4n) is 2.03. The van der Waals surface area contributed by atoms with Gasteiger partial charge in [0.2, 0.25) is 0 Å². The molecule has 3 heteroatoms. The van der Waals surface area contributed by atoms with Crippen LogP contribution in [0.1, 0.15) is 32.1 Å². The zero-order valence-electron chi connectivity index (χ0n) is 8.92. The predicted octanol–water partition coefficient (Wildman–Crippen LogP) is 2.88. The van der Waals surface area contributed by atoms with E-state index in [1.54, 1.807) is 0 Å². The number of benzene rings is 1. The summed E-state index contributed by atoms with van der Waals surface area (Å²) in [6.45, 7) is 0. The first-order valence-electron chi connectivity index (χ1n) is 5.70. The molecule has 1 fully saturated rings. The van der Waals surface area contributed by atoms with Gasteiger partial charge < -0.3 is 13.8 Å². The van der Waals surface area contributed by atoms with Crippen molar-refractivity contribution in [3.05, 3.63) is 24.3 Å². The van der Waals surface area contributed by atoms with E-state index >= 15 is 0 Å². The number of hydrogen-bond donors (Lipinski definition) is 0. The summed E-state index contributed by atoms with van der Waals surface area (Å²) >= 11 is -0.539. The van der Waals surface area contributed by atoms with Crippen molar-refractivity contribution in [3.8, 4) is 5.75 Å². The molecule has 0 unspecified atom stereocenters. The topological polar surface area (TPSA) is 9.23 Å². The van der Waals surface area contributed by atoms with E-state index < -0.39 is 19.3 Å². The van der Waals surface area contributed by atoms with Crippen molar-refractivity contribution in [2.45, 2.75) is 38.2 Å². The largest absolute Gasteiger partial charge is 0.538 e. The van der Waals surface area contributed by atoms with Crippen LogP contribution < -0.4 is 8.43 Å². The van der Waals surface area contributed by atoms with Crippen molar-refractivity contribution >= 4 is 32.0 Å². The second-order valence-electron chi connectivity index (χ2n) is 4.16. The van der Waals surface area contributed by atoms with Crippen molar-refractivity contribution in [2.24, 2.45) is 0 Å². The molecule has 1 aliphatic rings. The Labute approximate surface area is 105 Å². The third-order valence-corrected chi connectivity index (χ3v) is 4.64. The van der Waals surface area contributed by atoms with E-state index in [2.05, 4.69) is 24.3 Å². The van der Waals surface area contributed by atoms with Crippen LogP contribution in [0.3, 0.4) is 0 Å². The van der Waals surface area contributed by atoms with Crippen molar-refractivity contribution in [1.29, 1.82) is 0 Å². The predicted molar refractivity (Wildman–Crippen MR) is 65.2 cm³/mol. The lowest BCUT2D eigenvalue weighted by molar-refractivity contribution is 0.155. The highest BCUT2D eigenvalue weighted by atomic mass is 35.5. The fourth-order valence-corrected chi connectivity index (χ4v) is 2.98. The van der Waals surface area contributed by atoms with Crippen LogP contribution in [0.2, 0.25) is 0 Å². The van der Waals surface area contributed by atoms with Gasteiger partial charge in [0.15, 0.2) is 0 Å². The number of halogens is 1. The van der Waals surface area contributed by atoms with Crippen LogP contribution in [-0.4, -0.2) is 25.4 Å². The van der Waals surface area contributed by atoms with Gasteiger partial charge in [-0.05, 0) is 37.8 Å². The molecule has 1 aromatic carbocycles. The summed E-state index contributed by atoms with van der Waals surface area (Å²) in [6, 6.07) is 8.30. The molecule has 2 rings (SSSR count). The molecule has 0 atom stereocenters. The van der Waals surface area contributed by atoms with Gasteiger partial charge in [-0.3, -0.25) is 0 Å². The average Bonchev–Trinajstić information content (AvgIpc) is 2.31. The lowest BCUT2D eigenvalue weighted by Gasteiger charge is -2.23. The first-order chi connectivity index (χ1) is 7.38. The lowest BCUT2D eigenvalue weighted by atomic mass is 9.98. The van der Waals surface area contributed by atoms with Gasteiger partial charge in [0.25, 0.3) is 0 Å². The first-order valence-corrected chi connectivity index (χ1v) is 8.54. The summed E-state index contributed by atoms with van der Waals surface area (Å²) in [5, 5.41) is 0. The molecule has 0 saturated heterocycles. The van der Waals surface area contributed by atoms with Gasteiger partial charge in [-0.15, -0.1) is 3.69 Å². The molecule has 0 aliphatic heterocycles. The zero-order valence-corrected chi connectivity index (χ0v) is 11.1. The van der Waals surface area contributed by atoms with E-state index in [-0.39, 0.29) is 0 Å². The minimum atomic E-state index is -0.539. The van der Waals surface area contributed by atoms with Crippen LogP contribution in [0.25, 0.3) is 0 Å². The number of ether oxygens (including phenoxy) is 1. The van der Waals surface area contributed by atoms with Crippen molar-refractivity contribution in [2.75, 3.05) is 0 Å². The molecule has 0 heterocycles. The Morgan fingerprint density at radius 2 is 1.73 bits per heavy atom. The Balaban J connectivity index is 1.91. The van der Waals surface area contributed by atoms with Crippen LogP contribution >= 0.6 is 9.07 Å². The van der Waals surface area contributed by atoms with E-state index in [1.165, 1.54) is 35.8 Å². The molecule has 1 nitrogen and oxygen atoms in total. The van der Waals surface area contributed by atoms with Crippen LogP contribution in [0.4, 0.5) is 0 Å². The van der Waals surface area contributed by atoms with Gasteiger partial charge in [0.1, 0.15) is 5.75 Å². The maximum absolute atomic E-state index is 5.93. The third-order valence-electron chi connectivity index (χ3n) is 2.93. The second-order valence-corrected chi connectivity index (χ2v) is 6.04. The third kappa shape index (κ3) is 3.54. The highest BCUT2D eigenvalue weighted by Gasteiger charge is 2.14. The Morgan fingerprint density at radius 1 is 1.07 bits per heavy atom. The van der Waals surface area contributed by atoms with Crippen LogP contribution in [0.15, 0.2) is 24.3 Å². The Hall–Kier alpha value is 0.0762. The molecule has 0 spiro atoms.